The van der Waals surface area contributed by atoms with E-state index in [0.717, 1.165) is 10.9 Å². The van der Waals surface area contributed by atoms with Gasteiger partial charge in [-0.3, -0.25) is 9.58 Å². The average molecular weight is 466 g/mol. The van der Waals surface area contributed by atoms with Crippen molar-refractivity contribution in [2.45, 2.75) is 20.1 Å². The van der Waals surface area contributed by atoms with Crippen molar-refractivity contribution in [2.24, 2.45) is 7.05 Å². The molecule has 4 aromatic rings. The summed E-state index contributed by atoms with van der Waals surface area (Å²) in [5.41, 5.74) is 2.45. The summed E-state index contributed by atoms with van der Waals surface area (Å²) in [7, 11) is 1.83. The van der Waals surface area contributed by atoms with Crippen molar-refractivity contribution in [1.82, 2.24) is 19.7 Å². The molecular formula is C23H20F2N6O3. The number of carbonyl (C=O) groups is 1. The van der Waals surface area contributed by atoms with Gasteiger partial charge < -0.3 is 9.47 Å². The summed E-state index contributed by atoms with van der Waals surface area (Å²) in [5.74, 6) is 0.579. The fourth-order valence-electron chi connectivity index (χ4n) is 3.84. The minimum Gasteiger partial charge on any atom is -0.477 e. The van der Waals surface area contributed by atoms with Crippen LogP contribution in [-0.2, 0) is 13.6 Å². The van der Waals surface area contributed by atoms with Crippen molar-refractivity contribution < 1.29 is 23.0 Å². The lowest BCUT2D eigenvalue weighted by atomic mass is 10.1. The molecular weight excluding hydrogens is 446 g/mol. The topological polar surface area (TPSA) is 85.6 Å². The SMILES string of the molecule is CCOc1cnc2c(n1)N(c1ccc(OC(F)F)cc1)C(=O)N(c1ccc3nn(C)cc3c1)C2. The van der Waals surface area contributed by atoms with Gasteiger partial charge in [0.15, 0.2) is 5.82 Å². The lowest BCUT2D eigenvalue weighted by Crippen LogP contribution is -2.45. The van der Waals surface area contributed by atoms with E-state index in [1.54, 1.807) is 9.58 Å². The number of aromatic nitrogens is 4. The first-order valence-corrected chi connectivity index (χ1v) is 10.5. The Morgan fingerprint density at radius 3 is 2.62 bits per heavy atom. The van der Waals surface area contributed by atoms with Crippen LogP contribution in [0.1, 0.15) is 12.6 Å². The number of amides is 2. The molecule has 0 fully saturated rings. The third-order valence-corrected chi connectivity index (χ3v) is 5.27. The second-order valence-electron chi connectivity index (χ2n) is 7.53. The van der Waals surface area contributed by atoms with Crippen molar-refractivity contribution >= 4 is 34.1 Å². The number of anilines is 3. The third-order valence-electron chi connectivity index (χ3n) is 5.27. The Hall–Kier alpha value is -4.28. The highest BCUT2D eigenvalue weighted by atomic mass is 19.3. The minimum absolute atomic E-state index is 0.0172. The molecule has 9 nitrogen and oxygen atoms in total. The van der Waals surface area contributed by atoms with Crippen molar-refractivity contribution in [3.8, 4) is 11.6 Å². The maximum Gasteiger partial charge on any atom is 0.387 e. The van der Waals surface area contributed by atoms with Gasteiger partial charge in [-0.1, -0.05) is 0 Å². The van der Waals surface area contributed by atoms with Gasteiger partial charge in [0.2, 0.25) is 5.88 Å². The maximum absolute atomic E-state index is 13.7. The van der Waals surface area contributed by atoms with E-state index in [1.807, 2.05) is 38.4 Å². The van der Waals surface area contributed by atoms with Crippen LogP contribution in [0.5, 0.6) is 11.6 Å². The van der Waals surface area contributed by atoms with Gasteiger partial charge in [-0.25, -0.2) is 14.7 Å². The molecule has 0 unspecified atom stereocenters. The van der Waals surface area contributed by atoms with E-state index in [0.29, 0.717) is 29.5 Å². The quantitative estimate of drug-likeness (QED) is 0.412. The molecule has 0 saturated heterocycles. The molecule has 1 aliphatic rings. The van der Waals surface area contributed by atoms with Crippen LogP contribution in [0.15, 0.2) is 54.9 Å². The van der Waals surface area contributed by atoms with Crippen LogP contribution in [0.2, 0.25) is 0 Å². The zero-order valence-electron chi connectivity index (χ0n) is 18.4. The van der Waals surface area contributed by atoms with Gasteiger partial charge in [-0.2, -0.15) is 18.9 Å². The summed E-state index contributed by atoms with van der Waals surface area (Å²) in [4.78, 5) is 25.7. The van der Waals surface area contributed by atoms with Crippen LogP contribution >= 0.6 is 0 Å². The van der Waals surface area contributed by atoms with Crippen LogP contribution in [0.25, 0.3) is 10.9 Å². The molecule has 0 atom stereocenters. The number of fused-ring (bicyclic) bond motifs is 2. The molecule has 3 heterocycles. The Kier molecular flexibility index (Phi) is 5.44. The molecule has 0 spiro atoms. The van der Waals surface area contributed by atoms with Gasteiger partial charge in [0.1, 0.15) is 11.4 Å². The highest BCUT2D eigenvalue weighted by Gasteiger charge is 2.35. The smallest absolute Gasteiger partial charge is 0.387 e. The molecule has 0 bridgehead atoms. The maximum atomic E-state index is 13.7. The molecule has 0 aliphatic carbocycles. The van der Waals surface area contributed by atoms with E-state index in [4.69, 9.17) is 4.74 Å². The van der Waals surface area contributed by atoms with Gasteiger partial charge in [-0.05, 0) is 49.4 Å². The van der Waals surface area contributed by atoms with Crippen LogP contribution < -0.4 is 19.3 Å². The fraction of sp³-hybridized carbons (Fsp3) is 0.217. The molecule has 0 saturated carbocycles. The number of ether oxygens (including phenoxy) is 2. The molecule has 34 heavy (non-hydrogen) atoms. The lowest BCUT2D eigenvalue weighted by Gasteiger charge is -2.35. The molecule has 0 radical (unpaired) electrons. The number of alkyl halides is 2. The standard InChI is InChI=1S/C23H20F2N6O3/c1-3-33-20-11-26-19-13-30(16-6-9-18-14(10-16)12-29(2)28-18)23(32)31(21(19)27-20)15-4-7-17(8-5-15)34-22(24)25/h4-12,22H,3,13H2,1-2H3. The Balaban J connectivity index is 1.58. The summed E-state index contributed by atoms with van der Waals surface area (Å²) in [5, 5.41) is 5.26. The first kappa shape index (κ1) is 21.6. The molecule has 5 rings (SSSR count). The molecule has 2 aromatic heterocycles. The van der Waals surface area contributed by atoms with Gasteiger partial charge in [-0.15, -0.1) is 0 Å². The second-order valence-corrected chi connectivity index (χ2v) is 7.53. The first-order valence-electron chi connectivity index (χ1n) is 10.5. The van der Waals surface area contributed by atoms with Crippen LogP contribution in [-0.4, -0.2) is 39.0 Å². The van der Waals surface area contributed by atoms with Crippen LogP contribution in [0, 0.1) is 0 Å². The Labute approximate surface area is 193 Å². The molecule has 11 heteroatoms. The van der Waals surface area contributed by atoms with Crippen molar-refractivity contribution in [2.75, 3.05) is 16.4 Å². The van der Waals surface area contributed by atoms with E-state index in [-0.39, 0.29) is 24.2 Å². The summed E-state index contributed by atoms with van der Waals surface area (Å²) in [6.07, 6.45) is 3.38. The normalized spacial score (nSPS) is 13.5. The zero-order valence-corrected chi connectivity index (χ0v) is 18.4. The summed E-state index contributed by atoms with van der Waals surface area (Å²) in [6.45, 7) is -0.538. The van der Waals surface area contributed by atoms with E-state index >= 15 is 0 Å². The number of hydrogen-bond acceptors (Lipinski definition) is 6. The molecule has 174 valence electrons. The lowest BCUT2D eigenvalue weighted by molar-refractivity contribution is -0.0498. The highest BCUT2D eigenvalue weighted by Crippen LogP contribution is 2.37. The van der Waals surface area contributed by atoms with E-state index in [2.05, 4.69) is 19.8 Å². The van der Waals surface area contributed by atoms with Gasteiger partial charge in [0.25, 0.3) is 0 Å². The zero-order chi connectivity index (χ0) is 23.8. The Morgan fingerprint density at radius 1 is 1.12 bits per heavy atom. The van der Waals surface area contributed by atoms with E-state index in [1.165, 1.54) is 35.4 Å². The second kappa shape index (κ2) is 8.58. The summed E-state index contributed by atoms with van der Waals surface area (Å²) in [6, 6.07) is 10.9. The van der Waals surface area contributed by atoms with Crippen molar-refractivity contribution in [3.05, 3.63) is 60.6 Å². The van der Waals surface area contributed by atoms with Gasteiger partial charge >= 0.3 is 12.6 Å². The van der Waals surface area contributed by atoms with Crippen LogP contribution in [0.4, 0.5) is 30.8 Å². The Morgan fingerprint density at radius 2 is 1.88 bits per heavy atom. The molecule has 0 N–H and O–H groups in total. The number of urea groups is 1. The third kappa shape index (κ3) is 3.96. The highest BCUT2D eigenvalue weighted by molar-refractivity contribution is 6.10. The number of halogens is 2. The number of carbonyl (C=O) groups excluding carboxylic acids is 1. The summed E-state index contributed by atoms with van der Waals surface area (Å²) >= 11 is 0. The number of aryl methyl sites for hydroxylation is 1. The number of benzene rings is 2. The molecule has 1 aliphatic heterocycles. The first-order chi connectivity index (χ1) is 16.4. The molecule has 2 amide bonds. The van der Waals surface area contributed by atoms with Crippen molar-refractivity contribution in [3.63, 3.8) is 0 Å². The summed E-state index contributed by atoms with van der Waals surface area (Å²) < 4.78 is 36.8. The largest absolute Gasteiger partial charge is 0.477 e. The van der Waals surface area contributed by atoms with Crippen molar-refractivity contribution in [1.29, 1.82) is 0 Å². The van der Waals surface area contributed by atoms with Gasteiger partial charge in [0.05, 0.1) is 30.6 Å². The predicted molar refractivity (Wildman–Crippen MR) is 121 cm³/mol. The van der Waals surface area contributed by atoms with E-state index in [9.17, 15) is 13.6 Å². The predicted octanol–water partition coefficient (Wildman–Crippen LogP) is 4.64. The fourth-order valence-corrected chi connectivity index (χ4v) is 3.84. The monoisotopic (exact) mass is 466 g/mol. The van der Waals surface area contributed by atoms with Crippen LogP contribution in [0.3, 0.4) is 0 Å². The number of nitrogens with zero attached hydrogens (tertiary/aromatic N) is 6. The average Bonchev–Trinajstić information content (AvgIpc) is 3.18. The van der Waals surface area contributed by atoms with Gasteiger partial charge in [0, 0.05) is 24.3 Å². The minimum atomic E-state index is -2.94. The number of rotatable bonds is 6. The molecule has 2 aromatic carbocycles. The Bertz CT molecular complexity index is 1360. The number of hydrogen-bond donors (Lipinski definition) is 0. The van der Waals surface area contributed by atoms with E-state index < -0.39 is 6.61 Å².